The largest absolute Gasteiger partial charge is 0.494 e. The number of rotatable bonds is 7. The molecule has 0 unspecified atom stereocenters. The molecular formula is C32H27N5O3S. The number of nitrogens with zero attached hydrogens (tertiary/aromatic N) is 5. The van der Waals surface area contributed by atoms with Crippen LogP contribution in [0.5, 0.6) is 5.75 Å². The molecule has 204 valence electrons. The molecule has 0 bridgehead atoms. The van der Waals surface area contributed by atoms with E-state index in [0.29, 0.717) is 17.6 Å². The number of aromatic nitrogens is 5. The number of para-hydroxylation sites is 1. The molecule has 6 aromatic rings. The number of ether oxygens (including phenoxy) is 1. The summed E-state index contributed by atoms with van der Waals surface area (Å²) in [5.74, 6) is 0.788. The second kappa shape index (κ2) is 10.9. The maximum atomic E-state index is 13.5. The Labute approximate surface area is 239 Å². The molecule has 3 aromatic carbocycles. The number of benzene rings is 3. The van der Waals surface area contributed by atoms with Crippen LogP contribution in [0.4, 0.5) is 0 Å². The van der Waals surface area contributed by atoms with Gasteiger partial charge in [-0.1, -0.05) is 59.4 Å². The van der Waals surface area contributed by atoms with E-state index < -0.39 is 5.56 Å². The minimum absolute atomic E-state index is 0.232. The Kier molecular flexibility index (Phi) is 7.03. The van der Waals surface area contributed by atoms with Gasteiger partial charge in [-0.15, -0.1) is 0 Å². The van der Waals surface area contributed by atoms with Crippen molar-refractivity contribution in [3.8, 4) is 22.7 Å². The molecule has 6 rings (SSSR count). The average molecular weight is 562 g/mol. The zero-order valence-electron chi connectivity index (χ0n) is 22.9. The van der Waals surface area contributed by atoms with E-state index in [9.17, 15) is 9.59 Å². The molecule has 0 aliphatic heterocycles. The van der Waals surface area contributed by atoms with Gasteiger partial charge in [0.15, 0.2) is 0 Å². The van der Waals surface area contributed by atoms with Crippen molar-refractivity contribution in [1.82, 2.24) is 24.4 Å². The number of aryl methyl sites for hydroxylation is 2. The molecule has 0 fully saturated rings. The SMILES string of the molecule is CCOc1ccc(-c2nn(-c3ccccc3)cc2C=c2sc3nc(=O)c(Cc4ccc(C)cc4)nn3c2=O)c(C)c1. The highest BCUT2D eigenvalue weighted by atomic mass is 32.1. The molecule has 0 aliphatic carbocycles. The van der Waals surface area contributed by atoms with Crippen molar-refractivity contribution >= 4 is 22.4 Å². The van der Waals surface area contributed by atoms with Crippen LogP contribution in [-0.4, -0.2) is 31.0 Å². The quantitative estimate of drug-likeness (QED) is 0.285. The molecule has 3 aromatic heterocycles. The summed E-state index contributed by atoms with van der Waals surface area (Å²) in [4.78, 5) is 30.7. The van der Waals surface area contributed by atoms with Crippen molar-refractivity contribution < 1.29 is 4.74 Å². The van der Waals surface area contributed by atoms with Gasteiger partial charge in [0, 0.05) is 23.7 Å². The van der Waals surface area contributed by atoms with Crippen molar-refractivity contribution in [1.29, 1.82) is 0 Å². The molecule has 41 heavy (non-hydrogen) atoms. The lowest BCUT2D eigenvalue weighted by molar-refractivity contribution is 0.340. The molecule has 0 spiro atoms. The Balaban J connectivity index is 1.48. The van der Waals surface area contributed by atoms with E-state index in [4.69, 9.17) is 9.84 Å². The fraction of sp³-hybridized carbons (Fsp3) is 0.156. The van der Waals surface area contributed by atoms with Crippen LogP contribution in [-0.2, 0) is 6.42 Å². The summed E-state index contributed by atoms with van der Waals surface area (Å²) in [5.41, 5.74) is 5.83. The first-order valence-electron chi connectivity index (χ1n) is 13.3. The van der Waals surface area contributed by atoms with Crippen LogP contribution < -0.4 is 20.4 Å². The van der Waals surface area contributed by atoms with E-state index in [2.05, 4.69) is 10.1 Å². The van der Waals surface area contributed by atoms with E-state index in [1.54, 1.807) is 10.8 Å². The Bertz CT molecular complexity index is 2040. The van der Waals surface area contributed by atoms with Crippen LogP contribution in [0.25, 0.3) is 28.0 Å². The zero-order valence-corrected chi connectivity index (χ0v) is 23.7. The predicted octanol–water partition coefficient (Wildman–Crippen LogP) is 4.52. The highest BCUT2D eigenvalue weighted by molar-refractivity contribution is 7.15. The number of hydrogen-bond acceptors (Lipinski definition) is 7. The van der Waals surface area contributed by atoms with Crippen molar-refractivity contribution in [3.05, 3.63) is 132 Å². The van der Waals surface area contributed by atoms with E-state index in [1.807, 2.05) is 99.8 Å². The second-order valence-electron chi connectivity index (χ2n) is 9.76. The summed E-state index contributed by atoms with van der Waals surface area (Å²) in [6.07, 6.45) is 4.00. The van der Waals surface area contributed by atoms with E-state index in [1.165, 1.54) is 4.52 Å². The van der Waals surface area contributed by atoms with Crippen molar-refractivity contribution in [2.75, 3.05) is 6.61 Å². The first-order valence-corrected chi connectivity index (χ1v) is 14.1. The molecular weight excluding hydrogens is 534 g/mol. The molecule has 0 N–H and O–H groups in total. The lowest BCUT2D eigenvalue weighted by atomic mass is 10.0. The second-order valence-corrected chi connectivity index (χ2v) is 10.8. The summed E-state index contributed by atoms with van der Waals surface area (Å²) >= 11 is 1.14. The van der Waals surface area contributed by atoms with E-state index in [0.717, 1.165) is 56.3 Å². The summed E-state index contributed by atoms with van der Waals surface area (Å²) in [6, 6.07) is 23.5. The van der Waals surface area contributed by atoms with Crippen molar-refractivity contribution in [2.24, 2.45) is 0 Å². The highest BCUT2D eigenvalue weighted by Crippen LogP contribution is 2.30. The maximum absolute atomic E-state index is 13.5. The third-order valence-electron chi connectivity index (χ3n) is 6.76. The fourth-order valence-corrected chi connectivity index (χ4v) is 5.56. The van der Waals surface area contributed by atoms with Crippen LogP contribution in [0.15, 0.2) is 88.6 Å². The maximum Gasteiger partial charge on any atom is 0.296 e. The first kappa shape index (κ1) is 26.3. The minimum atomic E-state index is -0.430. The molecule has 0 saturated carbocycles. The summed E-state index contributed by atoms with van der Waals surface area (Å²) in [6.45, 7) is 6.54. The van der Waals surface area contributed by atoms with Gasteiger partial charge in [0.05, 0.1) is 16.8 Å². The van der Waals surface area contributed by atoms with Crippen LogP contribution in [0, 0.1) is 13.8 Å². The highest BCUT2D eigenvalue weighted by Gasteiger charge is 2.16. The van der Waals surface area contributed by atoms with Crippen molar-refractivity contribution in [3.63, 3.8) is 0 Å². The fourth-order valence-electron chi connectivity index (χ4n) is 4.67. The molecule has 3 heterocycles. The summed E-state index contributed by atoms with van der Waals surface area (Å²) in [5, 5.41) is 9.32. The van der Waals surface area contributed by atoms with Gasteiger partial charge in [0.1, 0.15) is 17.1 Å². The minimum Gasteiger partial charge on any atom is -0.494 e. The van der Waals surface area contributed by atoms with Gasteiger partial charge in [-0.2, -0.15) is 19.7 Å². The van der Waals surface area contributed by atoms with Gasteiger partial charge in [-0.3, -0.25) is 9.59 Å². The average Bonchev–Trinajstić information content (AvgIpc) is 3.51. The topological polar surface area (TPSA) is 91.4 Å². The van der Waals surface area contributed by atoms with Crippen LogP contribution >= 0.6 is 11.3 Å². The van der Waals surface area contributed by atoms with Crippen LogP contribution in [0.3, 0.4) is 0 Å². The van der Waals surface area contributed by atoms with Crippen molar-refractivity contribution in [2.45, 2.75) is 27.2 Å². The van der Waals surface area contributed by atoms with E-state index in [-0.39, 0.29) is 16.2 Å². The smallest absolute Gasteiger partial charge is 0.296 e. The molecule has 0 amide bonds. The molecule has 0 radical (unpaired) electrons. The first-order chi connectivity index (χ1) is 19.9. The normalized spacial score (nSPS) is 11.8. The van der Waals surface area contributed by atoms with Gasteiger partial charge in [0.25, 0.3) is 11.1 Å². The monoisotopic (exact) mass is 561 g/mol. The Morgan fingerprint density at radius 1 is 0.951 bits per heavy atom. The number of thiazole rings is 1. The lowest BCUT2D eigenvalue weighted by Gasteiger charge is -2.08. The Morgan fingerprint density at radius 2 is 1.73 bits per heavy atom. The van der Waals surface area contributed by atoms with Crippen LogP contribution in [0.1, 0.15) is 34.9 Å². The van der Waals surface area contributed by atoms with Gasteiger partial charge >= 0.3 is 0 Å². The molecule has 9 heteroatoms. The molecule has 0 atom stereocenters. The standard InChI is InChI=1S/C32H27N5O3S/c1-4-40-25-14-15-26(21(3)16-25)29-23(19-36(35-29)24-8-6-5-7-9-24)18-28-31(39)37-32(41-28)33-30(38)27(34-37)17-22-12-10-20(2)11-13-22/h5-16,18-19H,4,17H2,1-3H3. The molecule has 0 saturated heterocycles. The van der Waals surface area contributed by atoms with Gasteiger partial charge < -0.3 is 4.74 Å². The van der Waals surface area contributed by atoms with Crippen LogP contribution in [0.2, 0.25) is 0 Å². The summed E-state index contributed by atoms with van der Waals surface area (Å²) < 4.78 is 9.11. The zero-order chi connectivity index (χ0) is 28.5. The molecule has 0 aliphatic rings. The number of hydrogen-bond donors (Lipinski definition) is 0. The Hall–Kier alpha value is -4.89. The van der Waals surface area contributed by atoms with Gasteiger partial charge in [-0.05, 0) is 68.3 Å². The molecule has 8 nitrogen and oxygen atoms in total. The van der Waals surface area contributed by atoms with Gasteiger partial charge in [0.2, 0.25) is 4.96 Å². The Morgan fingerprint density at radius 3 is 2.46 bits per heavy atom. The third-order valence-corrected chi connectivity index (χ3v) is 7.72. The lowest BCUT2D eigenvalue weighted by Crippen LogP contribution is -2.28. The summed E-state index contributed by atoms with van der Waals surface area (Å²) in [7, 11) is 0. The van der Waals surface area contributed by atoms with Gasteiger partial charge in [-0.25, -0.2) is 4.68 Å². The number of fused-ring (bicyclic) bond motifs is 1. The van der Waals surface area contributed by atoms with E-state index >= 15 is 0 Å². The predicted molar refractivity (Wildman–Crippen MR) is 161 cm³/mol. The third kappa shape index (κ3) is 5.31.